The van der Waals surface area contributed by atoms with Gasteiger partial charge < -0.3 is 40.1 Å². The summed E-state index contributed by atoms with van der Waals surface area (Å²) in [5.74, 6) is 0.791. The zero-order chi connectivity index (χ0) is 47.3. The summed E-state index contributed by atoms with van der Waals surface area (Å²) in [5.41, 5.74) is 7.27. The van der Waals surface area contributed by atoms with E-state index in [0.29, 0.717) is 77.5 Å². The fourth-order valence-electron chi connectivity index (χ4n) is 10.5. The van der Waals surface area contributed by atoms with Gasteiger partial charge in [0.05, 0.1) is 36.6 Å². The number of anilines is 2. The van der Waals surface area contributed by atoms with E-state index in [9.17, 15) is 24.3 Å². The molecular formula is C52H77N9O6. The SMILES string of the molecule is Cc1cc(C)n(-c2cc(C(CC(=O)O)CN3CCC(CCc4ccc5c(n4)NCCC5)C3)cc(N3CCN(C(=O)CCCC(=O)NCCCCCC(=O)N4CCCC4COC(C)C)CC3)c2)n1. The molecular weight excluding hydrogens is 847 g/mol. The van der Waals surface area contributed by atoms with Gasteiger partial charge in [0.2, 0.25) is 17.7 Å². The maximum atomic E-state index is 13.3. The number of benzene rings is 1. The van der Waals surface area contributed by atoms with Crippen LogP contribution in [0.5, 0.6) is 0 Å². The van der Waals surface area contributed by atoms with Crippen LogP contribution in [-0.4, -0.2) is 142 Å². The maximum absolute atomic E-state index is 13.3. The molecule has 6 heterocycles. The number of nitrogens with zero attached hydrogens (tertiary/aromatic N) is 7. The third kappa shape index (κ3) is 14.5. The standard InChI is InChI=1S/C52H77N9O6/c1-37(2)67-36-45-12-10-23-60(45)50(64)14-6-5-7-21-53-48(62)13-8-15-49(63)59-27-25-58(26-28-59)46-30-42(31-47(33-46)61-39(4)29-38(3)56-61)43(32-51(65)66)35-57-24-20-40(34-57)16-18-44-19-17-41-11-9-22-54-52(41)55-44/h17,19,29-31,33,37,40,43,45H,5-16,18,20-28,32,34-36H2,1-4H3,(H,53,62)(H,54,55)(H,65,66). The number of aliphatic carboxylic acids is 1. The third-order valence-corrected chi connectivity index (χ3v) is 14.2. The van der Waals surface area contributed by atoms with Crippen LogP contribution >= 0.6 is 0 Å². The Labute approximate surface area is 398 Å². The molecule has 0 spiro atoms. The Balaban J connectivity index is 0.864. The van der Waals surface area contributed by atoms with Crippen LogP contribution in [0, 0.1) is 19.8 Å². The van der Waals surface area contributed by atoms with Crippen molar-refractivity contribution in [1.29, 1.82) is 0 Å². The van der Waals surface area contributed by atoms with Crippen molar-refractivity contribution in [3.63, 3.8) is 0 Å². The molecule has 2 aromatic heterocycles. The number of aromatic nitrogens is 3. The van der Waals surface area contributed by atoms with Gasteiger partial charge in [0, 0.05) is 101 Å². The molecule has 4 aliphatic heterocycles. The van der Waals surface area contributed by atoms with E-state index in [1.165, 1.54) is 5.56 Å². The predicted octanol–water partition coefficient (Wildman–Crippen LogP) is 6.67. The normalized spacial score (nSPS) is 19.1. The van der Waals surface area contributed by atoms with E-state index in [1.54, 1.807) is 0 Å². The van der Waals surface area contributed by atoms with Crippen molar-refractivity contribution < 1.29 is 29.0 Å². The molecule has 3 N–H and O–H groups in total. The number of aryl methyl sites for hydroxylation is 4. The number of ether oxygens (including phenoxy) is 1. The molecule has 15 nitrogen and oxygen atoms in total. The molecule has 3 aromatic rings. The van der Waals surface area contributed by atoms with Crippen molar-refractivity contribution in [2.45, 2.75) is 142 Å². The Bertz CT molecular complexity index is 2130. The molecule has 4 aliphatic rings. The highest BCUT2D eigenvalue weighted by Gasteiger charge is 2.30. The molecule has 0 radical (unpaired) electrons. The Morgan fingerprint density at radius 2 is 1.69 bits per heavy atom. The van der Waals surface area contributed by atoms with Gasteiger partial charge in [0.1, 0.15) is 5.82 Å². The molecule has 3 atom stereocenters. The first-order valence-electron chi connectivity index (χ1n) is 25.4. The van der Waals surface area contributed by atoms with E-state index in [-0.39, 0.29) is 42.2 Å². The van der Waals surface area contributed by atoms with Crippen LogP contribution in [-0.2, 0) is 36.8 Å². The number of fused-ring (bicyclic) bond motifs is 1. The predicted molar refractivity (Wildman–Crippen MR) is 262 cm³/mol. The smallest absolute Gasteiger partial charge is 0.304 e. The quantitative estimate of drug-likeness (QED) is 0.0871. The number of carbonyl (C=O) groups is 4. The van der Waals surface area contributed by atoms with Crippen molar-refractivity contribution in [2.24, 2.45) is 5.92 Å². The highest BCUT2D eigenvalue weighted by atomic mass is 16.5. The number of hydrogen-bond acceptors (Lipinski definition) is 10. The fourth-order valence-corrected chi connectivity index (χ4v) is 10.5. The van der Waals surface area contributed by atoms with Gasteiger partial charge in [0.15, 0.2) is 0 Å². The summed E-state index contributed by atoms with van der Waals surface area (Å²) in [5, 5.41) is 21.5. The molecule has 0 aliphatic carbocycles. The van der Waals surface area contributed by atoms with Crippen LogP contribution in [0.1, 0.15) is 131 Å². The number of unbranched alkanes of at least 4 members (excludes halogenated alkanes) is 2. The van der Waals surface area contributed by atoms with Gasteiger partial charge in [-0.3, -0.25) is 19.2 Å². The summed E-state index contributed by atoms with van der Waals surface area (Å²) < 4.78 is 7.72. The van der Waals surface area contributed by atoms with E-state index in [1.807, 2.05) is 42.2 Å². The molecule has 15 heteroatoms. The summed E-state index contributed by atoms with van der Waals surface area (Å²) in [6.07, 6.45) is 11.7. The summed E-state index contributed by atoms with van der Waals surface area (Å²) in [7, 11) is 0. The van der Waals surface area contributed by atoms with Gasteiger partial charge >= 0.3 is 5.97 Å². The Hall–Kier alpha value is -5.02. The lowest BCUT2D eigenvalue weighted by Crippen LogP contribution is -2.48. The largest absolute Gasteiger partial charge is 0.481 e. The fraction of sp³-hybridized carbons (Fsp3) is 0.654. The topological polar surface area (TPSA) is 165 Å². The second-order valence-electron chi connectivity index (χ2n) is 19.9. The van der Waals surface area contributed by atoms with E-state index in [0.717, 1.165) is 130 Å². The van der Waals surface area contributed by atoms with Gasteiger partial charge in [-0.05, 0) is 146 Å². The van der Waals surface area contributed by atoms with Gasteiger partial charge in [-0.25, -0.2) is 9.67 Å². The number of rotatable bonds is 23. The first-order valence-corrected chi connectivity index (χ1v) is 25.4. The molecule has 1 aromatic carbocycles. The zero-order valence-electron chi connectivity index (χ0n) is 40.8. The number of hydrogen-bond donors (Lipinski definition) is 3. The van der Waals surface area contributed by atoms with Crippen LogP contribution in [0.4, 0.5) is 11.5 Å². The summed E-state index contributed by atoms with van der Waals surface area (Å²) >= 11 is 0. The molecule has 67 heavy (non-hydrogen) atoms. The Kier molecular flexibility index (Phi) is 18.1. The summed E-state index contributed by atoms with van der Waals surface area (Å²) in [6.45, 7) is 16.0. The van der Waals surface area contributed by atoms with Gasteiger partial charge in [-0.1, -0.05) is 12.5 Å². The molecule has 7 rings (SSSR count). The number of carboxylic acid groups (broad SMARTS) is 1. The minimum absolute atomic E-state index is 0.0323. The molecule has 0 bridgehead atoms. The molecule has 3 fully saturated rings. The van der Waals surface area contributed by atoms with Gasteiger partial charge in [0.25, 0.3) is 0 Å². The lowest BCUT2D eigenvalue weighted by Gasteiger charge is -2.37. The lowest BCUT2D eigenvalue weighted by molar-refractivity contribution is -0.137. The minimum atomic E-state index is -0.810. The number of pyridine rings is 1. The monoisotopic (exact) mass is 924 g/mol. The first kappa shape index (κ1) is 49.9. The van der Waals surface area contributed by atoms with Crippen molar-refractivity contribution in [1.82, 2.24) is 34.8 Å². The molecule has 3 unspecified atom stereocenters. The van der Waals surface area contributed by atoms with Crippen molar-refractivity contribution >= 4 is 35.2 Å². The average molecular weight is 924 g/mol. The zero-order valence-corrected chi connectivity index (χ0v) is 40.8. The average Bonchev–Trinajstić information content (AvgIpc) is 4.07. The van der Waals surface area contributed by atoms with Crippen LogP contribution in [0.2, 0.25) is 0 Å². The minimum Gasteiger partial charge on any atom is -0.481 e. The number of nitrogens with one attached hydrogen (secondary N) is 2. The molecule has 3 amide bonds. The van der Waals surface area contributed by atoms with Gasteiger partial charge in [-0.15, -0.1) is 0 Å². The van der Waals surface area contributed by atoms with Crippen molar-refractivity contribution in [3.05, 3.63) is 64.6 Å². The summed E-state index contributed by atoms with van der Waals surface area (Å²) in [6, 6.07) is 13.1. The first-order chi connectivity index (χ1) is 32.4. The Morgan fingerprint density at radius 3 is 2.46 bits per heavy atom. The van der Waals surface area contributed by atoms with Crippen LogP contribution in [0.25, 0.3) is 5.69 Å². The second-order valence-corrected chi connectivity index (χ2v) is 19.9. The van der Waals surface area contributed by atoms with Crippen LogP contribution in [0.15, 0.2) is 36.4 Å². The van der Waals surface area contributed by atoms with E-state index < -0.39 is 5.97 Å². The van der Waals surface area contributed by atoms with E-state index in [4.69, 9.17) is 14.8 Å². The molecule has 0 saturated carbocycles. The number of carbonyl (C=O) groups excluding carboxylic acids is 3. The van der Waals surface area contributed by atoms with E-state index in [2.05, 4.69) is 56.8 Å². The second kappa shape index (κ2) is 24.3. The van der Waals surface area contributed by atoms with Gasteiger partial charge in [-0.2, -0.15) is 5.10 Å². The van der Waals surface area contributed by atoms with Crippen molar-refractivity contribution in [2.75, 3.05) is 82.3 Å². The maximum Gasteiger partial charge on any atom is 0.304 e. The molecule has 366 valence electrons. The molecule has 3 saturated heterocycles. The third-order valence-electron chi connectivity index (χ3n) is 14.2. The van der Waals surface area contributed by atoms with Crippen LogP contribution in [0.3, 0.4) is 0 Å². The van der Waals surface area contributed by atoms with E-state index >= 15 is 0 Å². The lowest BCUT2D eigenvalue weighted by atomic mass is 9.93. The Morgan fingerprint density at radius 1 is 0.881 bits per heavy atom. The number of likely N-dealkylation sites (tertiary alicyclic amines) is 2. The number of amides is 3. The highest BCUT2D eigenvalue weighted by molar-refractivity contribution is 5.79. The highest BCUT2D eigenvalue weighted by Crippen LogP contribution is 2.33. The number of piperazine rings is 1. The van der Waals surface area contributed by atoms with Crippen molar-refractivity contribution in [3.8, 4) is 5.69 Å². The number of carboxylic acids is 1. The summed E-state index contributed by atoms with van der Waals surface area (Å²) in [4.78, 5) is 64.7. The van der Waals surface area contributed by atoms with Crippen LogP contribution < -0.4 is 15.5 Å².